The Morgan fingerprint density at radius 1 is 0.560 bits per heavy atom. The second-order valence-electron chi connectivity index (χ2n) is 20.1. The van der Waals surface area contributed by atoms with Crippen molar-refractivity contribution in [2.45, 2.75) is 110 Å². The number of hydrogen-bond acceptors (Lipinski definition) is 11. The smallest absolute Gasteiger partial charge is 0.310 e. The van der Waals surface area contributed by atoms with Gasteiger partial charge in [-0.05, 0) is 78.6 Å². The third-order valence-electron chi connectivity index (χ3n) is 12.2. The Bertz CT molecular complexity index is 3200. The molecule has 14 nitrogen and oxygen atoms in total. The number of aromatic nitrogens is 8. The maximum Gasteiger partial charge on any atom is 0.310 e. The SMILES string of the molecule is CC(C(=O)CCc1cc(C(C)(C)C)nn1-c1cccc(Cl)c1)c1cnc(C(=O)Cc2ccccc2)nc1.CC(C(=O)O)c1cnc(C(=O)Cc2ccccc2)nc1.CC(C)(C)c1cc(CN)n(-c2cccc(Cl)c2)n1. The molecule has 8 aromatic rings. The number of aryl methyl sites for hydroxylation is 1. The molecular weight excluding hydrogens is 986 g/mol. The van der Waals surface area contributed by atoms with E-state index < -0.39 is 11.9 Å². The molecule has 0 saturated heterocycles. The van der Waals surface area contributed by atoms with E-state index in [0.717, 1.165) is 45.3 Å². The zero-order valence-electron chi connectivity index (χ0n) is 43.5. The number of hydrogen-bond donors (Lipinski definition) is 2. The summed E-state index contributed by atoms with van der Waals surface area (Å²) in [5, 5.41) is 19.7. The molecule has 4 aromatic carbocycles. The van der Waals surface area contributed by atoms with Gasteiger partial charge in [0.15, 0.2) is 11.6 Å². The molecule has 2 atom stereocenters. The molecule has 2 unspecified atom stereocenters. The highest BCUT2D eigenvalue weighted by Crippen LogP contribution is 2.28. The van der Waals surface area contributed by atoms with Crippen LogP contribution in [0.15, 0.2) is 146 Å². The van der Waals surface area contributed by atoms with Crippen LogP contribution in [0.2, 0.25) is 10.0 Å². The summed E-state index contributed by atoms with van der Waals surface area (Å²) in [4.78, 5) is 64.9. The molecule has 0 aliphatic heterocycles. The van der Waals surface area contributed by atoms with Crippen LogP contribution in [-0.4, -0.2) is 67.9 Å². The number of halogens is 2. The first-order valence-electron chi connectivity index (χ1n) is 24.6. The van der Waals surface area contributed by atoms with E-state index in [1.54, 1.807) is 19.3 Å². The molecule has 0 aliphatic rings. The molecule has 388 valence electrons. The fourth-order valence-electron chi connectivity index (χ4n) is 7.49. The van der Waals surface area contributed by atoms with E-state index in [1.807, 2.05) is 125 Å². The van der Waals surface area contributed by atoms with Crippen LogP contribution in [-0.2, 0) is 46.2 Å². The number of aliphatic carboxylic acids is 1. The van der Waals surface area contributed by atoms with Crippen LogP contribution in [0.5, 0.6) is 0 Å². The van der Waals surface area contributed by atoms with Gasteiger partial charge in [-0.15, -0.1) is 0 Å². The fraction of sp³-hybridized carbons (Fsp3) is 0.288. The second-order valence-corrected chi connectivity index (χ2v) is 21.0. The minimum absolute atomic E-state index is 0.00768. The van der Waals surface area contributed by atoms with Gasteiger partial charge < -0.3 is 10.8 Å². The van der Waals surface area contributed by atoms with E-state index in [1.165, 1.54) is 12.4 Å². The molecule has 0 bridgehead atoms. The number of carbonyl (C=O) groups excluding carboxylic acids is 3. The predicted molar refractivity (Wildman–Crippen MR) is 293 cm³/mol. The van der Waals surface area contributed by atoms with Crippen molar-refractivity contribution in [3.05, 3.63) is 213 Å². The maximum atomic E-state index is 13.1. The van der Waals surface area contributed by atoms with Gasteiger partial charge in [0.25, 0.3) is 0 Å². The Hall–Kier alpha value is -7.52. The normalized spacial score (nSPS) is 12.1. The molecule has 16 heteroatoms. The Balaban J connectivity index is 0.000000202. The van der Waals surface area contributed by atoms with Crippen molar-refractivity contribution < 1.29 is 24.3 Å². The number of carboxylic acids is 1. The first-order valence-corrected chi connectivity index (χ1v) is 25.3. The molecule has 0 spiro atoms. The summed E-state index contributed by atoms with van der Waals surface area (Å²) in [6.07, 6.45) is 7.30. The van der Waals surface area contributed by atoms with Crippen LogP contribution >= 0.6 is 23.2 Å². The van der Waals surface area contributed by atoms with Gasteiger partial charge >= 0.3 is 5.97 Å². The van der Waals surface area contributed by atoms with Gasteiger partial charge in [0.1, 0.15) is 5.78 Å². The topological polar surface area (TPSA) is 202 Å². The molecule has 0 saturated carbocycles. The highest BCUT2D eigenvalue weighted by atomic mass is 35.5. The van der Waals surface area contributed by atoms with Crippen molar-refractivity contribution in [2.24, 2.45) is 5.73 Å². The van der Waals surface area contributed by atoms with E-state index in [2.05, 4.69) is 78.7 Å². The summed E-state index contributed by atoms with van der Waals surface area (Å²) >= 11 is 12.2. The zero-order valence-corrected chi connectivity index (χ0v) is 45.0. The summed E-state index contributed by atoms with van der Waals surface area (Å²) < 4.78 is 3.74. The highest BCUT2D eigenvalue weighted by Gasteiger charge is 2.24. The van der Waals surface area contributed by atoms with Gasteiger partial charge in [0.2, 0.25) is 11.6 Å². The van der Waals surface area contributed by atoms with Gasteiger partial charge in [-0.2, -0.15) is 10.2 Å². The number of ketones is 3. The third kappa shape index (κ3) is 16.0. The van der Waals surface area contributed by atoms with Gasteiger partial charge in [-0.3, -0.25) is 19.2 Å². The Morgan fingerprint density at radius 3 is 1.35 bits per heavy atom. The standard InChI is InChI=1S/C30H31ClN4O2.C15H14N2O3.C14H18ClN3/c1-20(22-18-32-29(33-19-22)27(37)15-21-9-6-5-7-10-21)26(36)14-13-25-17-28(30(2,3)4)34-35(25)24-12-8-11-23(31)16-24;1-10(15(19)20)12-8-16-14(17-9-12)13(18)7-11-5-3-2-4-6-11;1-14(2,3)13-8-12(9-16)18(17-13)11-6-4-5-10(15)7-11/h5-12,16-20H,13-15H2,1-4H3;2-6,8-10H,7H2,1H3,(H,19,20);4-8H,9,16H2,1-3H3. The Kier molecular flexibility index (Phi) is 19.4. The van der Waals surface area contributed by atoms with Crippen LogP contribution in [0.25, 0.3) is 11.4 Å². The number of carbonyl (C=O) groups is 4. The minimum atomic E-state index is -0.947. The lowest BCUT2D eigenvalue weighted by molar-refractivity contribution is -0.138. The number of Topliss-reactive ketones (excluding diaryl/α,β-unsaturated/α-hetero) is 3. The number of nitrogens with two attached hydrogens (primary N) is 1. The molecule has 0 radical (unpaired) electrons. The van der Waals surface area contributed by atoms with Gasteiger partial charge in [0.05, 0.1) is 34.4 Å². The van der Waals surface area contributed by atoms with Crippen molar-refractivity contribution in [3.63, 3.8) is 0 Å². The summed E-state index contributed by atoms with van der Waals surface area (Å²) in [7, 11) is 0. The van der Waals surface area contributed by atoms with Crippen molar-refractivity contribution in [3.8, 4) is 11.4 Å². The van der Waals surface area contributed by atoms with Crippen molar-refractivity contribution in [1.29, 1.82) is 0 Å². The van der Waals surface area contributed by atoms with E-state index in [4.69, 9.17) is 39.1 Å². The Labute approximate surface area is 448 Å². The molecule has 75 heavy (non-hydrogen) atoms. The number of rotatable bonds is 16. The van der Waals surface area contributed by atoms with Gasteiger partial charge in [-0.1, -0.05) is 144 Å². The number of benzene rings is 4. The molecule has 0 aliphatic carbocycles. The quantitative estimate of drug-likeness (QED) is 0.0868. The molecule has 8 rings (SSSR count). The molecule has 3 N–H and O–H groups in total. The highest BCUT2D eigenvalue weighted by molar-refractivity contribution is 6.31. The van der Waals surface area contributed by atoms with Crippen molar-refractivity contribution in [1.82, 2.24) is 39.5 Å². The lowest BCUT2D eigenvalue weighted by Crippen LogP contribution is -2.14. The summed E-state index contributed by atoms with van der Waals surface area (Å²) in [5.74, 6) is -2.02. The van der Waals surface area contributed by atoms with Crippen LogP contribution < -0.4 is 5.73 Å². The lowest BCUT2D eigenvalue weighted by atomic mass is 9.91. The van der Waals surface area contributed by atoms with E-state index in [9.17, 15) is 19.2 Å². The van der Waals surface area contributed by atoms with E-state index in [-0.39, 0.29) is 58.6 Å². The van der Waals surface area contributed by atoms with Crippen LogP contribution in [0.1, 0.15) is 140 Å². The van der Waals surface area contributed by atoms with Crippen molar-refractivity contribution in [2.75, 3.05) is 0 Å². The maximum absolute atomic E-state index is 13.1. The largest absolute Gasteiger partial charge is 0.481 e. The minimum Gasteiger partial charge on any atom is -0.481 e. The van der Waals surface area contributed by atoms with Crippen LogP contribution in [0, 0.1) is 0 Å². The Morgan fingerprint density at radius 2 is 0.960 bits per heavy atom. The molecule has 4 heterocycles. The molecule has 4 aromatic heterocycles. The first kappa shape index (κ1) is 56.8. The van der Waals surface area contributed by atoms with Crippen LogP contribution in [0.4, 0.5) is 0 Å². The van der Waals surface area contributed by atoms with E-state index >= 15 is 0 Å². The number of nitrogens with zero attached hydrogens (tertiary/aromatic N) is 8. The van der Waals surface area contributed by atoms with E-state index in [0.29, 0.717) is 40.6 Å². The summed E-state index contributed by atoms with van der Waals surface area (Å²) in [5.41, 5.74) is 14.4. The lowest BCUT2D eigenvalue weighted by Gasteiger charge is -2.14. The van der Waals surface area contributed by atoms with Gasteiger partial charge in [-0.25, -0.2) is 29.3 Å². The van der Waals surface area contributed by atoms with Gasteiger partial charge in [0, 0.05) is 88.6 Å². The van der Waals surface area contributed by atoms with Crippen molar-refractivity contribution >= 4 is 46.5 Å². The zero-order chi connectivity index (χ0) is 54.5. The third-order valence-corrected chi connectivity index (χ3v) is 12.6. The average molecular weight is 1050 g/mol. The monoisotopic (exact) mass is 1050 g/mol. The number of carboxylic acid groups (broad SMARTS) is 1. The predicted octanol–water partition coefficient (Wildman–Crippen LogP) is 11.7. The van der Waals surface area contributed by atoms with Crippen LogP contribution in [0.3, 0.4) is 0 Å². The molecule has 0 amide bonds. The molecular formula is C59H63Cl2N9O5. The summed E-state index contributed by atoms with van der Waals surface area (Å²) in [6.45, 7) is 16.6. The average Bonchev–Trinajstić information content (AvgIpc) is 4.05. The fourth-order valence-corrected chi connectivity index (χ4v) is 7.86. The molecule has 0 fully saturated rings. The first-order chi connectivity index (χ1) is 35.6. The second kappa shape index (κ2) is 25.6. The summed E-state index contributed by atoms with van der Waals surface area (Å²) in [6, 6.07) is 38.1.